The fourth-order valence-corrected chi connectivity index (χ4v) is 0.581. The number of rotatable bonds is 1. The summed E-state index contributed by atoms with van der Waals surface area (Å²) in [5.41, 5.74) is 0.331. The molecule has 0 saturated carbocycles. The number of hydrogen-bond acceptors (Lipinski definition) is 3. The van der Waals surface area contributed by atoms with Gasteiger partial charge >= 0.3 is 43.7 Å². The number of aliphatic carboxylic acids is 2. The molecule has 0 atom stereocenters. The maximum Gasteiger partial charge on any atom is 2.00 e. The quantitative estimate of drug-likeness (QED) is 0.672. The standard InChI is InChI=1S/C7H6O2.2C2H4O2.Ca.2H/c8-7(9)6-4-2-1-3-5-6;2*1-2(3)4;;;/h1-5H,(H,8,9);2*1H3,(H,3,4);;;/q;;;+2;2*-1. The minimum Gasteiger partial charge on any atom is -1.00 e. The van der Waals surface area contributed by atoms with Crippen LogP contribution in [0.2, 0.25) is 0 Å². The Hall–Kier alpha value is -1.11. The van der Waals surface area contributed by atoms with Crippen molar-refractivity contribution in [3.63, 3.8) is 0 Å². The fraction of sp³-hybridized carbons (Fsp3) is 0.182. The van der Waals surface area contributed by atoms with Crippen molar-refractivity contribution in [3.05, 3.63) is 35.9 Å². The van der Waals surface area contributed by atoms with E-state index in [9.17, 15) is 4.79 Å². The first-order valence-corrected chi connectivity index (χ1v) is 4.44. The topological polar surface area (TPSA) is 112 Å². The van der Waals surface area contributed by atoms with Crippen molar-refractivity contribution < 1.29 is 32.6 Å². The van der Waals surface area contributed by atoms with Crippen molar-refractivity contribution in [2.24, 2.45) is 0 Å². The summed E-state index contributed by atoms with van der Waals surface area (Å²) >= 11 is 0. The minimum absolute atomic E-state index is 0. The van der Waals surface area contributed by atoms with Crippen LogP contribution in [0.5, 0.6) is 0 Å². The summed E-state index contributed by atoms with van der Waals surface area (Å²) in [4.78, 5) is 28.2. The van der Waals surface area contributed by atoms with Crippen molar-refractivity contribution in [3.8, 4) is 0 Å². The van der Waals surface area contributed by atoms with E-state index in [1.165, 1.54) is 0 Å². The zero-order valence-electron chi connectivity index (χ0n) is 12.2. The van der Waals surface area contributed by atoms with E-state index in [-0.39, 0.29) is 40.6 Å². The van der Waals surface area contributed by atoms with Crippen molar-refractivity contribution in [2.45, 2.75) is 13.8 Å². The van der Waals surface area contributed by atoms with Gasteiger partial charge in [-0.2, -0.15) is 0 Å². The average molecular weight is 284 g/mol. The van der Waals surface area contributed by atoms with Crippen LogP contribution in [0.25, 0.3) is 0 Å². The maximum atomic E-state index is 10.2. The third-order valence-corrected chi connectivity index (χ3v) is 1.02. The van der Waals surface area contributed by atoms with Crippen LogP contribution in [0, 0.1) is 0 Å². The van der Waals surface area contributed by atoms with Gasteiger partial charge in [0.05, 0.1) is 5.56 Å². The summed E-state index contributed by atoms with van der Waals surface area (Å²) in [6.45, 7) is 2.17. The molecule has 98 valence electrons. The van der Waals surface area contributed by atoms with E-state index in [4.69, 9.17) is 24.9 Å². The molecule has 1 rings (SSSR count). The molecule has 7 heteroatoms. The first kappa shape index (κ1) is 22.1. The Labute approximate surface area is 137 Å². The zero-order valence-corrected chi connectivity index (χ0v) is 12.4. The smallest absolute Gasteiger partial charge is 1.00 e. The van der Waals surface area contributed by atoms with Gasteiger partial charge in [-0.05, 0) is 12.1 Å². The average Bonchev–Trinajstić information content (AvgIpc) is 2.17. The van der Waals surface area contributed by atoms with Gasteiger partial charge in [0.1, 0.15) is 0 Å². The molecule has 0 unspecified atom stereocenters. The monoisotopic (exact) mass is 284 g/mol. The number of aromatic carboxylic acids is 1. The Bertz CT molecular complexity index is 352. The van der Waals surface area contributed by atoms with Crippen LogP contribution in [0.4, 0.5) is 0 Å². The van der Waals surface area contributed by atoms with E-state index in [1.54, 1.807) is 30.3 Å². The molecule has 0 amide bonds. The van der Waals surface area contributed by atoms with Crippen LogP contribution in [-0.2, 0) is 9.59 Å². The second kappa shape index (κ2) is 14.0. The van der Waals surface area contributed by atoms with Gasteiger partial charge in [-0.3, -0.25) is 9.59 Å². The van der Waals surface area contributed by atoms with Crippen LogP contribution in [-0.4, -0.2) is 71.0 Å². The van der Waals surface area contributed by atoms with Crippen LogP contribution in [0.15, 0.2) is 30.3 Å². The normalized spacial score (nSPS) is 7.22. The molecule has 1 aromatic carbocycles. The predicted molar refractivity (Wildman–Crippen MR) is 68.0 cm³/mol. The molecule has 6 nitrogen and oxygen atoms in total. The number of hydrogen-bond donors (Lipinski definition) is 3. The van der Waals surface area contributed by atoms with Gasteiger partial charge in [-0.1, -0.05) is 18.2 Å². The largest absolute Gasteiger partial charge is 2.00 e. The first-order chi connectivity index (χ1) is 7.77. The second-order valence-electron chi connectivity index (χ2n) is 2.71. The molecule has 0 bridgehead atoms. The van der Waals surface area contributed by atoms with Gasteiger partial charge in [-0.15, -0.1) is 0 Å². The van der Waals surface area contributed by atoms with E-state index in [0.717, 1.165) is 13.8 Å². The minimum atomic E-state index is -0.879. The van der Waals surface area contributed by atoms with Crippen molar-refractivity contribution in [1.29, 1.82) is 0 Å². The molecule has 18 heavy (non-hydrogen) atoms. The van der Waals surface area contributed by atoms with Gasteiger partial charge in [0, 0.05) is 13.8 Å². The number of carboxylic acid groups (broad SMARTS) is 3. The van der Waals surface area contributed by atoms with Crippen molar-refractivity contribution in [1.82, 2.24) is 0 Å². The Morgan fingerprint density at radius 2 is 1.17 bits per heavy atom. The molecule has 0 saturated heterocycles. The van der Waals surface area contributed by atoms with E-state index in [0.29, 0.717) is 5.56 Å². The molecule has 3 N–H and O–H groups in total. The summed E-state index contributed by atoms with van der Waals surface area (Å²) in [6.07, 6.45) is 0. The van der Waals surface area contributed by atoms with Crippen LogP contribution in [0.1, 0.15) is 27.1 Å². The summed E-state index contributed by atoms with van der Waals surface area (Å²) in [5.74, 6) is -2.55. The summed E-state index contributed by atoms with van der Waals surface area (Å²) in [5, 5.41) is 23.2. The molecule has 0 spiro atoms. The maximum absolute atomic E-state index is 10.2. The molecule has 0 aliphatic carbocycles. The number of benzene rings is 1. The van der Waals surface area contributed by atoms with Gasteiger partial charge < -0.3 is 18.2 Å². The third kappa shape index (κ3) is 24.2. The van der Waals surface area contributed by atoms with E-state index in [1.807, 2.05) is 0 Å². The van der Waals surface area contributed by atoms with E-state index < -0.39 is 17.9 Å². The van der Waals surface area contributed by atoms with Gasteiger partial charge in [0.2, 0.25) is 0 Å². The molecular weight excluding hydrogens is 268 g/mol. The van der Waals surface area contributed by atoms with Gasteiger partial charge in [0.15, 0.2) is 0 Å². The van der Waals surface area contributed by atoms with E-state index >= 15 is 0 Å². The SMILES string of the molecule is CC(=O)O.CC(=O)O.O=C(O)c1ccccc1.[Ca+2].[H-].[H-]. The summed E-state index contributed by atoms with van der Waals surface area (Å²) in [6, 6.07) is 8.30. The second-order valence-corrected chi connectivity index (χ2v) is 2.71. The molecule has 0 heterocycles. The zero-order chi connectivity index (χ0) is 13.8. The Balaban J connectivity index is -0.0000000597. The summed E-state index contributed by atoms with van der Waals surface area (Å²) < 4.78 is 0. The Kier molecular flexibility index (Phi) is 17.1. The fourth-order valence-electron chi connectivity index (χ4n) is 0.581. The van der Waals surface area contributed by atoms with Crippen molar-refractivity contribution in [2.75, 3.05) is 0 Å². The first-order valence-electron chi connectivity index (χ1n) is 4.44. The van der Waals surface area contributed by atoms with Crippen LogP contribution < -0.4 is 0 Å². The van der Waals surface area contributed by atoms with Gasteiger partial charge in [-0.25, -0.2) is 4.79 Å². The van der Waals surface area contributed by atoms with Crippen LogP contribution >= 0.6 is 0 Å². The van der Waals surface area contributed by atoms with Gasteiger partial charge in [0.25, 0.3) is 11.9 Å². The molecule has 0 fully saturated rings. The summed E-state index contributed by atoms with van der Waals surface area (Å²) in [7, 11) is 0. The number of carbonyl (C=O) groups is 3. The molecule has 0 radical (unpaired) electrons. The number of carboxylic acids is 3. The molecule has 1 aromatic rings. The third-order valence-electron chi connectivity index (χ3n) is 1.02. The van der Waals surface area contributed by atoms with Crippen molar-refractivity contribution >= 4 is 55.6 Å². The predicted octanol–water partition coefficient (Wildman–Crippen LogP) is 1.41. The molecular formula is C11H16CaO6. The Morgan fingerprint density at radius 3 is 1.33 bits per heavy atom. The molecule has 0 aromatic heterocycles. The molecule has 0 aliphatic rings. The molecule has 0 aliphatic heterocycles. The van der Waals surface area contributed by atoms with E-state index in [2.05, 4.69) is 0 Å². The van der Waals surface area contributed by atoms with Crippen LogP contribution in [0.3, 0.4) is 0 Å². The Morgan fingerprint density at radius 1 is 0.889 bits per heavy atom.